The van der Waals surface area contributed by atoms with Gasteiger partial charge in [0.1, 0.15) is 17.3 Å². The van der Waals surface area contributed by atoms with Crippen molar-refractivity contribution in [3.63, 3.8) is 0 Å². The van der Waals surface area contributed by atoms with Crippen LogP contribution in [0.2, 0.25) is 0 Å². The highest BCUT2D eigenvalue weighted by molar-refractivity contribution is 6.32. The molecule has 12 aromatic rings. The molecule has 9 aromatic carbocycles. The zero-order chi connectivity index (χ0) is 43.6. The molecule has 0 saturated heterocycles. The number of para-hydroxylation sites is 3. The maximum Gasteiger partial charge on any atom is 0.269 e. The highest BCUT2D eigenvalue weighted by Gasteiger charge is 2.23. The molecule has 3 aromatic heterocycles. The van der Waals surface area contributed by atoms with Gasteiger partial charge in [0.25, 0.3) is 6.33 Å². The summed E-state index contributed by atoms with van der Waals surface area (Å²) < 4.78 is 13.6. The van der Waals surface area contributed by atoms with Crippen LogP contribution < -0.4 is 9.30 Å². The Morgan fingerprint density at radius 3 is 1.85 bits per heavy atom. The van der Waals surface area contributed by atoms with Gasteiger partial charge in [-0.15, -0.1) is 0 Å². The van der Waals surface area contributed by atoms with Crippen molar-refractivity contribution >= 4 is 54.4 Å². The van der Waals surface area contributed by atoms with Crippen molar-refractivity contribution in [2.75, 3.05) is 0 Å². The molecule has 65 heavy (non-hydrogen) atoms. The molecule has 0 radical (unpaired) electrons. The SMILES string of the molecule is CC(C)(C)c1ccnc(-n2c3cc(Oc4cccc(-n5[c-][n+](-c6c(-c7ccccc7)cccc6-c6ccccc6)c6ccccc65)c4)ccc3c3c4ccccc4c4ccccc4c32)c1. The fraction of sp³-hybridized carbons (Fsp3) is 0.0667. The van der Waals surface area contributed by atoms with Crippen LogP contribution in [0.1, 0.15) is 26.3 Å². The molecule has 0 saturated carbocycles. The molecule has 0 atom stereocenters. The molecule has 310 valence electrons. The molecule has 0 aliphatic heterocycles. The van der Waals surface area contributed by atoms with Gasteiger partial charge in [-0.05, 0) is 91.9 Å². The third-order valence-corrected chi connectivity index (χ3v) is 12.8. The highest BCUT2D eigenvalue weighted by atomic mass is 16.5. The first kappa shape index (κ1) is 38.4. The molecule has 5 nitrogen and oxygen atoms in total. The molecule has 0 unspecified atom stereocenters. The zero-order valence-corrected chi connectivity index (χ0v) is 36.4. The number of imidazole rings is 1. The Labute approximate surface area is 377 Å². The first-order chi connectivity index (χ1) is 31.9. The second-order valence-corrected chi connectivity index (χ2v) is 17.8. The first-order valence-electron chi connectivity index (χ1n) is 22.2. The average molecular weight is 837 g/mol. The summed E-state index contributed by atoms with van der Waals surface area (Å²) in [7, 11) is 0. The van der Waals surface area contributed by atoms with E-state index in [1.807, 2.05) is 12.3 Å². The summed E-state index contributed by atoms with van der Waals surface area (Å²) >= 11 is 0. The van der Waals surface area contributed by atoms with Crippen molar-refractivity contribution in [1.29, 1.82) is 0 Å². The van der Waals surface area contributed by atoms with E-state index in [0.717, 1.165) is 78.4 Å². The number of rotatable bonds is 7. The van der Waals surface area contributed by atoms with E-state index in [-0.39, 0.29) is 5.41 Å². The maximum absolute atomic E-state index is 6.88. The number of pyridine rings is 1. The van der Waals surface area contributed by atoms with E-state index in [2.05, 4.69) is 241 Å². The van der Waals surface area contributed by atoms with Crippen molar-refractivity contribution in [3.8, 4) is 50.9 Å². The minimum atomic E-state index is -0.0539. The van der Waals surface area contributed by atoms with Gasteiger partial charge in [0.05, 0.1) is 33.4 Å². The lowest BCUT2D eigenvalue weighted by atomic mass is 9.88. The van der Waals surface area contributed by atoms with Crippen molar-refractivity contribution in [2.24, 2.45) is 0 Å². The fourth-order valence-electron chi connectivity index (χ4n) is 9.69. The van der Waals surface area contributed by atoms with Gasteiger partial charge in [-0.2, -0.15) is 0 Å². The lowest BCUT2D eigenvalue weighted by Gasteiger charge is -2.20. The quantitative estimate of drug-likeness (QED) is 0.0911. The van der Waals surface area contributed by atoms with Crippen LogP contribution in [0.3, 0.4) is 0 Å². The number of aromatic nitrogens is 4. The molecule has 12 rings (SSSR count). The van der Waals surface area contributed by atoms with Crippen LogP contribution in [-0.4, -0.2) is 14.1 Å². The van der Waals surface area contributed by atoms with Gasteiger partial charge < -0.3 is 4.74 Å². The van der Waals surface area contributed by atoms with Crippen LogP contribution in [0.4, 0.5) is 0 Å². The molecule has 0 amide bonds. The Bertz CT molecular complexity index is 3720. The monoisotopic (exact) mass is 836 g/mol. The Morgan fingerprint density at radius 2 is 1.12 bits per heavy atom. The molecule has 0 aliphatic carbocycles. The summed E-state index contributed by atoms with van der Waals surface area (Å²) in [5.74, 6) is 2.34. The second kappa shape index (κ2) is 15.2. The van der Waals surface area contributed by atoms with Gasteiger partial charge in [0.15, 0.2) is 0 Å². The van der Waals surface area contributed by atoms with Crippen molar-refractivity contribution < 1.29 is 9.30 Å². The minimum Gasteiger partial charge on any atom is -0.458 e. The number of nitrogens with zero attached hydrogens (tertiary/aromatic N) is 4. The standard InChI is InChI=1S/C60H44N4O/c1-60(2,3)42-34-35-61-56(36-42)64-55-38-45(32-33-52(55)57-50-26-12-10-24-48(50)49-25-11-13-27-51(49)59(57)64)65-44-23-16-22-43(37-44)62-39-63(54-31-15-14-30-53(54)62)58-46(40-18-6-4-7-19-40)28-17-29-47(58)41-20-8-5-9-21-41/h4-38H,1-3H3. The molecule has 0 N–H and O–H groups in total. The number of hydrogen-bond donors (Lipinski definition) is 0. The van der Waals surface area contributed by atoms with E-state index in [4.69, 9.17) is 9.72 Å². The topological polar surface area (TPSA) is 35.9 Å². The molecule has 3 heterocycles. The largest absolute Gasteiger partial charge is 0.458 e. The Hall–Kier alpha value is -8.28. The summed E-state index contributed by atoms with van der Waals surface area (Å²) in [4.78, 5) is 5.05. The fourth-order valence-corrected chi connectivity index (χ4v) is 9.69. The second-order valence-electron chi connectivity index (χ2n) is 17.8. The Balaban J connectivity index is 1.02. The number of benzene rings is 9. The van der Waals surface area contributed by atoms with Gasteiger partial charge >= 0.3 is 0 Å². The Kier molecular flexibility index (Phi) is 8.99. The summed E-state index contributed by atoms with van der Waals surface area (Å²) in [6.45, 7) is 6.75. The summed E-state index contributed by atoms with van der Waals surface area (Å²) in [6, 6.07) is 72.9. The normalized spacial score (nSPS) is 11.9. The van der Waals surface area contributed by atoms with E-state index < -0.39 is 0 Å². The highest BCUT2D eigenvalue weighted by Crippen LogP contribution is 2.44. The van der Waals surface area contributed by atoms with E-state index in [9.17, 15) is 0 Å². The maximum atomic E-state index is 6.88. The number of hydrogen-bond acceptors (Lipinski definition) is 2. The smallest absolute Gasteiger partial charge is 0.269 e. The van der Waals surface area contributed by atoms with Crippen LogP contribution in [0.15, 0.2) is 212 Å². The van der Waals surface area contributed by atoms with Crippen molar-refractivity contribution in [1.82, 2.24) is 14.1 Å². The summed E-state index contributed by atoms with van der Waals surface area (Å²) in [5.41, 5.74) is 12.0. The van der Waals surface area contributed by atoms with Crippen molar-refractivity contribution in [3.05, 3.63) is 224 Å². The van der Waals surface area contributed by atoms with E-state index >= 15 is 0 Å². The van der Waals surface area contributed by atoms with E-state index in [0.29, 0.717) is 0 Å². The Morgan fingerprint density at radius 1 is 0.508 bits per heavy atom. The molecule has 0 aliphatic rings. The minimum absolute atomic E-state index is 0.0539. The van der Waals surface area contributed by atoms with Crippen LogP contribution in [0.25, 0.3) is 93.8 Å². The third-order valence-electron chi connectivity index (χ3n) is 12.8. The van der Waals surface area contributed by atoms with Crippen LogP contribution in [0.5, 0.6) is 11.5 Å². The van der Waals surface area contributed by atoms with Gasteiger partial charge in [-0.3, -0.25) is 13.7 Å². The van der Waals surface area contributed by atoms with Crippen molar-refractivity contribution in [2.45, 2.75) is 26.2 Å². The van der Waals surface area contributed by atoms with E-state index in [1.54, 1.807) is 0 Å². The molecule has 0 bridgehead atoms. The lowest BCUT2D eigenvalue weighted by molar-refractivity contribution is -0.571. The van der Waals surface area contributed by atoms with Crippen LogP contribution >= 0.6 is 0 Å². The molecule has 5 heteroatoms. The van der Waals surface area contributed by atoms with Gasteiger partial charge in [0, 0.05) is 28.4 Å². The van der Waals surface area contributed by atoms with Gasteiger partial charge in [-0.1, -0.05) is 178 Å². The summed E-state index contributed by atoms with van der Waals surface area (Å²) in [5, 5.41) is 7.21. The number of fused-ring (bicyclic) bond motifs is 9. The van der Waals surface area contributed by atoms with E-state index in [1.165, 1.54) is 32.5 Å². The predicted octanol–water partition coefficient (Wildman–Crippen LogP) is 14.9. The predicted molar refractivity (Wildman–Crippen MR) is 267 cm³/mol. The third kappa shape index (κ3) is 6.46. The average Bonchev–Trinajstić information content (AvgIpc) is 3.91. The molecule has 0 spiro atoms. The molecule has 0 fully saturated rings. The molecular weight excluding hydrogens is 793 g/mol. The van der Waals surface area contributed by atoms with Gasteiger partial charge in [-0.25, -0.2) is 4.98 Å². The summed E-state index contributed by atoms with van der Waals surface area (Å²) in [6.07, 6.45) is 5.75. The lowest BCUT2D eigenvalue weighted by Crippen LogP contribution is -2.31. The number of ether oxygens (including phenoxy) is 1. The van der Waals surface area contributed by atoms with Crippen LogP contribution in [0, 0.1) is 6.33 Å². The van der Waals surface area contributed by atoms with Crippen LogP contribution in [-0.2, 0) is 5.41 Å². The van der Waals surface area contributed by atoms with Gasteiger partial charge in [0.2, 0.25) is 0 Å². The first-order valence-corrected chi connectivity index (χ1v) is 22.2. The molecular formula is C60H44N4O. The zero-order valence-electron chi connectivity index (χ0n) is 36.4.